The normalized spacial score (nSPS) is 13.4. The van der Waals surface area contributed by atoms with Crippen LogP contribution in [0.3, 0.4) is 0 Å². The number of carbonyl (C=O) groups is 6. The molecule has 358 valence electrons. The van der Waals surface area contributed by atoms with Crippen LogP contribution in [0.4, 0.5) is 0 Å². The number of imidazole rings is 1. The molecule has 3 aromatic carbocycles. The molecule has 3 aromatic heterocycles. The third kappa shape index (κ3) is 14.4. The smallest absolute Gasteiger partial charge is 0.243 e. The Labute approximate surface area is 397 Å². The quantitative estimate of drug-likeness (QED) is 0.0163. The minimum atomic E-state index is -1.27. The number of nitrogens with one attached hydrogen (secondary N) is 8. The minimum Gasteiger partial charge on any atom is -0.370 e. The molecule has 14 N–H and O–H groups in total. The van der Waals surface area contributed by atoms with Gasteiger partial charge in [-0.2, -0.15) is 0 Å². The summed E-state index contributed by atoms with van der Waals surface area (Å²) >= 11 is 1.31. The van der Waals surface area contributed by atoms with E-state index in [4.69, 9.17) is 17.2 Å². The van der Waals surface area contributed by atoms with Crippen molar-refractivity contribution < 1.29 is 28.8 Å². The topological polar surface area (TPSA) is 313 Å². The van der Waals surface area contributed by atoms with Gasteiger partial charge in [0, 0.05) is 83.9 Å². The number of nitrogens with two attached hydrogens (primary N) is 3. The van der Waals surface area contributed by atoms with E-state index in [9.17, 15) is 28.8 Å². The molecule has 6 rings (SSSR count). The van der Waals surface area contributed by atoms with Crippen molar-refractivity contribution in [3.05, 3.63) is 121 Å². The first-order valence-corrected chi connectivity index (χ1v) is 23.5. The second-order valence-electron chi connectivity index (χ2n) is 16.4. The minimum absolute atomic E-state index is 0.00939. The number of aromatic amines is 3. The number of fused-ring (bicyclic) bond motifs is 2. The lowest BCUT2D eigenvalue weighted by atomic mass is 10.0. The Kier molecular flexibility index (Phi) is 18.2. The standard InChI is InChI=1S/C48H59N13O6S/c1-2-3-19-41(62)57-39(23-32-26-52-28-56-32)46(67)59-37(21-29-12-5-4-6-13-29)44(65)58-36(18-11-20-53-48(50)51)43(64)60-38(22-31-25-54-35-17-10-9-15-33(31)35)45(66)61-40(42(49)63)27-68-47-34-16-8-7-14-30(34)24-55-47/h4-10,12-17,24-26,28,36-40,54-55H,2-3,11,18-23,27H2,1H3,(H2,49,63)(H,52,56)(H,57,62)(H,58,65)(H,59,67)(H,60,64)(H,61,66)(H4,50,51,53)/t36-,37+,38-,39-,40-/m0/s1. The second kappa shape index (κ2) is 24.8. The molecule has 20 heteroatoms. The Hall–Kier alpha value is -7.61. The lowest BCUT2D eigenvalue weighted by Crippen LogP contribution is -2.60. The van der Waals surface area contributed by atoms with Crippen LogP contribution in [0, 0.1) is 0 Å². The molecular formula is C48H59N13O6S. The van der Waals surface area contributed by atoms with Crippen LogP contribution >= 0.6 is 11.8 Å². The number of hydrogen-bond acceptors (Lipinski definition) is 9. The van der Waals surface area contributed by atoms with Crippen molar-refractivity contribution >= 4 is 74.8 Å². The van der Waals surface area contributed by atoms with Gasteiger partial charge >= 0.3 is 0 Å². The maximum atomic E-state index is 14.6. The Morgan fingerprint density at radius 3 is 1.99 bits per heavy atom. The van der Waals surface area contributed by atoms with Crippen LogP contribution in [0.2, 0.25) is 0 Å². The second-order valence-corrected chi connectivity index (χ2v) is 17.4. The molecule has 6 aromatic rings. The lowest BCUT2D eigenvalue weighted by molar-refractivity contribution is -0.135. The van der Waals surface area contributed by atoms with Crippen LogP contribution in [0.5, 0.6) is 0 Å². The van der Waals surface area contributed by atoms with Gasteiger partial charge in [-0.25, -0.2) is 4.98 Å². The van der Waals surface area contributed by atoms with E-state index < -0.39 is 59.7 Å². The Morgan fingerprint density at radius 1 is 0.662 bits per heavy atom. The summed E-state index contributed by atoms with van der Waals surface area (Å²) in [6.45, 7) is 2.07. The van der Waals surface area contributed by atoms with E-state index in [0.29, 0.717) is 23.2 Å². The first-order chi connectivity index (χ1) is 32.9. The number of para-hydroxylation sites is 1. The van der Waals surface area contributed by atoms with Crippen molar-refractivity contribution in [3.8, 4) is 0 Å². The van der Waals surface area contributed by atoms with Gasteiger partial charge in [-0.15, -0.1) is 11.8 Å². The van der Waals surface area contributed by atoms with Crippen LogP contribution in [-0.2, 0) is 48.0 Å². The van der Waals surface area contributed by atoms with Gasteiger partial charge in [0.05, 0.1) is 11.4 Å². The highest BCUT2D eigenvalue weighted by Crippen LogP contribution is 2.27. The third-order valence-corrected chi connectivity index (χ3v) is 12.4. The molecule has 0 fully saturated rings. The zero-order chi connectivity index (χ0) is 48.4. The zero-order valence-corrected chi connectivity index (χ0v) is 38.6. The Bertz CT molecular complexity index is 2660. The van der Waals surface area contributed by atoms with Crippen molar-refractivity contribution in [1.29, 1.82) is 0 Å². The molecule has 0 spiro atoms. The molecule has 3 heterocycles. The fourth-order valence-corrected chi connectivity index (χ4v) is 8.68. The fraction of sp³-hybridized carbons (Fsp3) is 0.333. The van der Waals surface area contributed by atoms with Crippen LogP contribution in [0.25, 0.3) is 21.7 Å². The van der Waals surface area contributed by atoms with Gasteiger partial charge in [0.25, 0.3) is 0 Å². The number of H-pyrrole nitrogens is 3. The monoisotopic (exact) mass is 945 g/mol. The number of benzene rings is 3. The predicted octanol–water partition coefficient (Wildman–Crippen LogP) is 2.35. The highest BCUT2D eigenvalue weighted by molar-refractivity contribution is 7.99. The Morgan fingerprint density at radius 2 is 1.29 bits per heavy atom. The molecule has 5 atom stereocenters. The highest BCUT2D eigenvalue weighted by atomic mass is 32.2. The molecule has 0 unspecified atom stereocenters. The SMILES string of the molecule is CCCCC(=O)N[C@@H](Cc1cnc[nH]1)C(=O)N[C@H](Cc1ccccc1)C(=O)N[C@@H](CCCN=C(N)N)C(=O)N[C@@H](Cc1c[nH]c2ccccc12)C(=O)N[C@@H](CSc1[nH]cc2ccccc12)C(N)=O. The van der Waals surface area contributed by atoms with Crippen molar-refractivity contribution in [2.75, 3.05) is 12.3 Å². The van der Waals surface area contributed by atoms with Gasteiger partial charge in [-0.3, -0.25) is 33.8 Å². The first-order valence-electron chi connectivity index (χ1n) is 22.5. The summed E-state index contributed by atoms with van der Waals surface area (Å²) in [6, 6.07) is 18.2. The fourth-order valence-electron chi connectivity index (χ4n) is 7.61. The largest absolute Gasteiger partial charge is 0.370 e. The van der Waals surface area contributed by atoms with Gasteiger partial charge in [-0.05, 0) is 36.5 Å². The van der Waals surface area contributed by atoms with Crippen molar-refractivity contribution in [3.63, 3.8) is 0 Å². The number of carbonyl (C=O) groups excluding carboxylic acids is 6. The van der Waals surface area contributed by atoms with Gasteiger partial charge in [-0.1, -0.05) is 86.1 Å². The van der Waals surface area contributed by atoms with Crippen molar-refractivity contribution in [2.45, 2.75) is 93.5 Å². The van der Waals surface area contributed by atoms with Crippen LogP contribution in [0.1, 0.15) is 55.8 Å². The molecule has 0 saturated heterocycles. The number of unbranched alkanes of at least 4 members (excludes halogenated alkanes) is 1. The molecule has 0 aliphatic heterocycles. The Balaban J connectivity index is 1.25. The van der Waals surface area contributed by atoms with Gasteiger partial charge in [0.15, 0.2) is 5.96 Å². The third-order valence-electron chi connectivity index (χ3n) is 11.2. The number of aliphatic imine (C=N–C) groups is 1. The molecular weight excluding hydrogens is 887 g/mol. The first kappa shape index (κ1) is 49.8. The average molecular weight is 946 g/mol. The molecule has 68 heavy (non-hydrogen) atoms. The van der Waals surface area contributed by atoms with Crippen molar-refractivity contribution in [2.24, 2.45) is 22.2 Å². The molecule has 0 radical (unpaired) electrons. The number of nitrogens with zero attached hydrogens (tertiary/aromatic N) is 2. The molecule has 19 nitrogen and oxygen atoms in total. The summed E-state index contributed by atoms with van der Waals surface area (Å²) < 4.78 is 0. The van der Waals surface area contributed by atoms with Crippen LogP contribution in [0.15, 0.2) is 114 Å². The molecule has 0 bridgehead atoms. The number of amides is 6. The van der Waals surface area contributed by atoms with Gasteiger partial charge < -0.3 is 58.7 Å². The number of aromatic nitrogens is 4. The number of hydrogen-bond donors (Lipinski definition) is 11. The number of rotatable bonds is 26. The molecule has 0 aliphatic rings. The summed E-state index contributed by atoms with van der Waals surface area (Å²) in [7, 11) is 0. The maximum absolute atomic E-state index is 14.6. The van der Waals surface area contributed by atoms with E-state index in [1.165, 1.54) is 18.1 Å². The van der Waals surface area contributed by atoms with E-state index in [0.717, 1.165) is 33.1 Å². The molecule has 0 aliphatic carbocycles. The number of guanidine groups is 1. The predicted molar refractivity (Wildman–Crippen MR) is 262 cm³/mol. The van der Waals surface area contributed by atoms with E-state index >= 15 is 0 Å². The number of primary amides is 1. The van der Waals surface area contributed by atoms with Crippen LogP contribution < -0.4 is 43.8 Å². The van der Waals surface area contributed by atoms with E-state index in [1.54, 1.807) is 36.7 Å². The summed E-state index contributed by atoms with van der Waals surface area (Å²) in [5.74, 6) is -3.92. The van der Waals surface area contributed by atoms with Gasteiger partial charge in [0.2, 0.25) is 35.4 Å². The van der Waals surface area contributed by atoms with Crippen LogP contribution in [-0.4, -0.2) is 104 Å². The zero-order valence-electron chi connectivity index (χ0n) is 37.8. The molecule has 0 saturated carbocycles. The summed E-state index contributed by atoms with van der Waals surface area (Å²) in [6.07, 6.45) is 8.53. The summed E-state index contributed by atoms with van der Waals surface area (Å²) in [4.78, 5) is 101. The lowest BCUT2D eigenvalue weighted by Gasteiger charge is -2.27. The average Bonchev–Trinajstić information content (AvgIpc) is 4.11. The summed E-state index contributed by atoms with van der Waals surface area (Å²) in [5, 5.41) is 17.6. The number of thioether (sulfide) groups is 1. The summed E-state index contributed by atoms with van der Waals surface area (Å²) in [5.41, 5.74) is 19.8. The van der Waals surface area contributed by atoms with E-state index in [1.807, 2.05) is 67.7 Å². The van der Waals surface area contributed by atoms with E-state index in [-0.39, 0.29) is 62.7 Å². The van der Waals surface area contributed by atoms with Gasteiger partial charge in [0.1, 0.15) is 30.2 Å². The maximum Gasteiger partial charge on any atom is 0.243 e. The van der Waals surface area contributed by atoms with E-state index in [2.05, 4.69) is 51.5 Å². The molecule has 6 amide bonds. The van der Waals surface area contributed by atoms with Crippen molar-refractivity contribution in [1.82, 2.24) is 46.5 Å². The highest BCUT2D eigenvalue weighted by Gasteiger charge is 2.33.